The number of alkyl halides is 6. The van der Waals surface area contributed by atoms with Gasteiger partial charge in [0.2, 0.25) is 5.82 Å². The molecule has 0 bridgehead atoms. The lowest BCUT2D eigenvalue weighted by Gasteiger charge is -2.20. The first-order valence-corrected chi connectivity index (χ1v) is 5.71. The molecule has 0 N–H and O–H groups in total. The topological polar surface area (TPSA) is 82.8 Å². The summed E-state index contributed by atoms with van der Waals surface area (Å²) in [6, 6.07) is 0. The molecule has 0 radical (unpaired) electrons. The second-order valence-electron chi connectivity index (χ2n) is 4.07. The van der Waals surface area contributed by atoms with Crippen LogP contribution in [0.5, 0.6) is 5.88 Å². The van der Waals surface area contributed by atoms with Crippen molar-refractivity contribution in [3.05, 3.63) is 24.8 Å². The average Bonchev–Trinajstić information content (AvgIpc) is 3.01. The monoisotopic (exact) mass is 359 g/mol. The van der Waals surface area contributed by atoms with Crippen LogP contribution in [0.2, 0.25) is 0 Å². The van der Waals surface area contributed by atoms with E-state index in [-0.39, 0.29) is 0 Å². The van der Waals surface area contributed by atoms with E-state index in [1.165, 1.54) is 0 Å². The highest BCUT2D eigenvalue weighted by atomic mass is 19.4. The van der Waals surface area contributed by atoms with Crippen molar-refractivity contribution in [1.29, 1.82) is 0 Å². The van der Waals surface area contributed by atoms with Crippen LogP contribution in [0.4, 0.5) is 30.7 Å². The SMILES string of the molecule is O=C(Oc1ncnc(-n2cncn2)c1F)C(F)(F)C(F)C(F)(F)F. The first kappa shape index (κ1) is 17.6. The zero-order valence-electron chi connectivity index (χ0n) is 11.0. The number of hydrogen-bond acceptors (Lipinski definition) is 6. The number of hydrogen-bond donors (Lipinski definition) is 0. The van der Waals surface area contributed by atoms with Crippen LogP contribution in [0.1, 0.15) is 0 Å². The molecule has 1 unspecified atom stereocenters. The summed E-state index contributed by atoms with van der Waals surface area (Å²) < 4.78 is 93.4. The molecule has 0 spiro atoms. The summed E-state index contributed by atoms with van der Waals surface area (Å²) in [5, 5.41) is 3.45. The molecular formula is C10H4F7N5O2. The van der Waals surface area contributed by atoms with E-state index in [1.54, 1.807) is 0 Å². The number of esters is 1. The third kappa shape index (κ3) is 3.26. The molecular weight excluding hydrogens is 355 g/mol. The quantitative estimate of drug-likeness (QED) is 0.610. The Morgan fingerprint density at radius 3 is 2.38 bits per heavy atom. The number of carbonyl (C=O) groups excluding carboxylic acids is 1. The Kier molecular flexibility index (Phi) is 4.40. The van der Waals surface area contributed by atoms with Crippen LogP contribution in [0.3, 0.4) is 0 Å². The number of rotatable bonds is 4. The molecule has 2 aromatic rings. The van der Waals surface area contributed by atoms with Crippen molar-refractivity contribution in [2.24, 2.45) is 0 Å². The number of nitrogens with zero attached hydrogens (tertiary/aromatic N) is 5. The van der Waals surface area contributed by atoms with E-state index in [9.17, 15) is 35.5 Å². The van der Waals surface area contributed by atoms with Gasteiger partial charge in [0.05, 0.1) is 0 Å². The second kappa shape index (κ2) is 6.01. The van der Waals surface area contributed by atoms with Crippen LogP contribution in [0.15, 0.2) is 19.0 Å². The minimum atomic E-state index is -6.03. The fourth-order valence-electron chi connectivity index (χ4n) is 1.36. The molecule has 0 aliphatic rings. The maximum absolute atomic E-state index is 14.0. The number of carbonyl (C=O) groups is 1. The van der Waals surface area contributed by atoms with Gasteiger partial charge in [-0.25, -0.2) is 19.2 Å². The first-order valence-electron chi connectivity index (χ1n) is 5.71. The molecule has 7 nitrogen and oxygen atoms in total. The Morgan fingerprint density at radius 1 is 1.17 bits per heavy atom. The molecule has 14 heteroatoms. The molecule has 2 aromatic heterocycles. The Morgan fingerprint density at radius 2 is 1.83 bits per heavy atom. The van der Waals surface area contributed by atoms with Crippen LogP contribution >= 0.6 is 0 Å². The fraction of sp³-hybridized carbons (Fsp3) is 0.300. The van der Waals surface area contributed by atoms with E-state index < -0.39 is 41.8 Å². The predicted molar refractivity (Wildman–Crippen MR) is 58.4 cm³/mol. The van der Waals surface area contributed by atoms with Crippen molar-refractivity contribution in [2.75, 3.05) is 0 Å². The van der Waals surface area contributed by atoms with Gasteiger partial charge in [-0.05, 0) is 0 Å². The van der Waals surface area contributed by atoms with Crippen molar-refractivity contribution in [1.82, 2.24) is 24.7 Å². The van der Waals surface area contributed by atoms with Crippen molar-refractivity contribution >= 4 is 5.97 Å². The Balaban J connectivity index is 2.28. The molecule has 0 saturated carbocycles. The van der Waals surface area contributed by atoms with Gasteiger partial charge in [0.25, 0.3) is 12.1 Å². The molecule has 0 aliphatic carbocycles. The number of aromatic nitrogens is 5. The normalized spacial score (nSPS) is 13.6. The van der Waals surface area contributed by atoms with Crippen LogP contribution in [-0.4, -0.2) is 49.0 Å². The van der Waals surface area contributed by atoms with Gasteiger partial charge in [0.1, 0.15) is 19.0 Å². The summed E-state index contributed by atoms with van der Waals surface area (Å²) in [4.78, 5) is 20.9. The summed E-state index contributed by atoms with van der Waals surface area (Å²) >= 11 is 0. The zero-order chi connectivity index (χ0) is 18.1. The lowest BCUT2D eigenvalue weighted by Crippen LogP contribution is -2.49. The molecule has 0 aromatic carbocycles. The van der Waals surface area contributed by atoms with Gasteiger partial charge in [0, 0.05) is 0 Å². The summed E-state index contributed by atoms with van der Waals surface area (Å²) in [6.45, 7) is 0. The Bertz CT molecular complexity index is 734. The third-order valence-corrected chi connectivity index (χ3v) is 2.44. The lowest BCUT2D eigenvalue weighted by molar-refractivity contribution is -0.246. The first-order chi connectivity index (χ1) is 11.0. The van der Waals surface area contributed by atoms with Crippen molar-refractivity contribution < 1.29 is 40.3 Å². The number of ether oxygens (including phenoxy) is 1. The number of halogens is 7. The second-order valence-corrected chi connectivity index (χ2v) is 4.07. The Labute approximate surface area is 127 Å². The maximum Gasteiger partial charge on any atom is 0.426 e. The minimum absolute atomic E-state index is 0.553. The van der Waals surface area contributed by atoms with E-state index in [1.807, 2.05) is 0 Å². The fourth-order valence-corrected chi connectivity index (χ4v) is 1.36. The minimum Gasteiger partial charge on any atom is -0.399 e. The standard InChI is InChI=1S/C10H4F7N5O2/c11-4-5(22-3-18-1-21-22)19-2-20-6(4)24-8(23)9(13,14)7(12)10(15,16)17/h1-3,7H. The molecule has 2 rings (SSSR count). The molecule has 0 fully saturated rings. The van der Waals surface area contributed by atoms with E-state index in [0.29, 0.717) is 11.0 Å². The largest absolute Gasteiger partial charge is 0.426 e. The highest BCUT2D eigenvalue weighted by molar-refractivity contribution is 5.80. The van der Waals surface area contributed by atoms with Crippen molar-refractivity contribution in [3.63, 3.8) is 0 Å². The van der Waals surface area contributed by atoms with Gasteiger partial charge in [-0.2, -0.15) is 41.1 Å². The highest BCUT2D eigenvalue weighted by Gasteiger charge is 2.62. The molecule has 24 heavy (non-hydrogen) atoms. The molecule has 1 atom stereocenters. The van der Waals surface area contributed by atoms with Gasteiger partial charge >= 0.3 is 18.1 Å². The average molecular weight is 359 g/mol. The van der Waals surface area contributed by atoms with Crippen molar-refractivity contribution in [3.8, 4) is 11.7 Å². The highest BCUT2D eigenvalue weighted by Crippen LogP contribution is 2.36. The van der Waals surface area contributed by atoms with Gasteiger partial charge in [-0.3, -0.25) is 0 Å². The smallest absolute Gasteiger partial charge is 0.399 e. The van der Waals surface area contributed by atoms with E-state index in [0.717, 1.165) is 12.7 Å². The molecule has 0 saturated heterocycles. The van der Waals surface area contributed by atoms with Crippen LogP contribution in [0, 0.1) is 5.82 Å². The molecule has 0 aliphatic heterocycles. The summed E-state index contributed by atoms with van der Waals surface area (Å²) in [5.41, 5.74) is 0. The van der Waals surface area contributed by atoms with E-state index in [4.69, 9.17) is 0 Å². The van der Waals surface area contributed by atoms with Gasteiger partial charge in [-0.15, -0.1) is 0 Å². The van der Waals surface area contributed by atoms with Crippen LogP contribution < -0.4 is 4.74 Å². The van der Waals surface area contributed by atoms with Crippen LogP contribution in [0.25, 0.3) is 5.82 Å². The summed E-state index contributed by atoms with van der Waals surface area (Å²) in [5.74, 6) is -12.3. The van der Waals surface area contributed by atoms with Gasteiger partial charge in [-0.1, -0.05) is 0 Å². The molecule has 2 heterocycles. The van der Waals surface area contributed by atoms with E-state index >= 15 is 0 Å². The van der Waals surface area contributed by atoms with E-state index in [2.05, 4.69) is 24.8 Å². The Hall–Kier alpha value is -2.80. The lowest BCUT2D eigenvalue weighted by atomic mass is 10.2. The maximum atomic E-state index is 14.0. The summed E-state index contributed by atoms with van der Waals surface area (Å²) in [7, 11) is 0. The summed E-state index contributed by atoms with van der Waals surface area (Å²) in [6.07, 6.45) is -8.42. The van der Waals surface area contributed by atoms with Gasteiger partial charge < -0.3 is 4.74 Å². The molecule has 130 valence electrons. The van der Waals surface area contributed by atoms with Crippen molar-refractivity contribution in [2.45, 2.75) is 18.3 Å². The zero-order valence-corrected chi connectivity index (χ0v) is 11.0. The molecule has 0 amide bonds. The third-order valence-electron chi connectivity index (χ3n) is 2.44. The predicted octanol–water partition coefficient (Wildman–Crippen LogP) is 1.64. The van der Waals surface area contributed by atoms with Gasteiger partial charge in [0.15, 0.2) is 5.82 Å². The van der Waals surface area contributed by atoms with Crippen LogP contribution in [-0.2, 0) is 4.79 Å².